The van der Waals surface area contributed by atoms with Crippen LogP contribution in [0.4, 0.5) is 10.5 Å². The van der Waals surface area contributed by atoms with Crippen molar-refractivity contribution in [3.63, 3.8) is 0 Å². The van der Waals surface area contributed by atoms with Crippen molar-refractivity contribution in [2.75, 3.05) is 39.1 Å². The first-order valence-corrected chi connectivity index (χ1v) is 6.19. The van der Waals surface area contributed by atoms with Gasteiger partial charge in [0.15, 0.2) is 0 Å². The molecular weight excluding hydrogens is 242 g/mol. The summed E-state index contributed by atoms with van der Waals surface area (Å²) in [6.45, 7) is 1.50. The highest BCUT2D eigenvalue weighted by Crippen LogP contribution is 2.13. The third-order valence-corrected chi connectivity index (χ3v) is 2.72. The predicted molar refractivity (Wildman–Crippen MR) is 75.8 cm³/mol. The third-order valence-electron chi connectivity index (χ3n) is 2.72. The third kappa shape index (κ3) is 4.71. The molecule has 1 aromatic rings. The summed E-state index contributed by atoms with van der Waals surface area (Å²) in [6.07, 6.45) is 2.54. The van der Waals surface area contributed by atoms with Crippen molar-refractivity contribution < 1.29 is 9.59 Å². The van der Waals surface area contributed by atoms with Crippen molar-refractivity contribution in [3.05, 3.63) is 30.3 Å². The van der Waals surface area contributed by atoms with E-state index in [-0.39, 0.29) is 6.03 Å². The topological polar surface area (TPSA) is 43.9 Å². The summed E-state index contributed by atoms with van der Waals surface area (Å²) in [6, 6.07) is 8.43. The molecule has 1 radical (unpaired) electrons. The van der Waals surface area contributed by atoms with Gasteiger partial charge in [0.2, 0.25) is 0 Å². The molecule has 5 nitrogen and oxygen atoms in total. The number of hydrogen-bond donors (Lipinski definition) is 0. The van der Waals surface area contributed by atoms with Crippen LogP contribution in [0.25, 0.3) is 0 Å². The Balaban J connectivity index is 2.61. The van der Waals surface area contributed by atoms with Crippen molar-refractivity contribution in [2.45, 2.75) is 6.42 Å². The Morgan fingerprint density at radius 3 is 2.26 bits per heavy atom. The summed E-state index contributed by atoms with van der Waals surface area (Å²) in [5.74, 6) is 0. The first-order valence-electron chi connectivity index (χ1n) is 6.19. The average molecular weight is 262 g/mol. The Morgan fingerprint density at radius 2 is 1.74 bits per heavy atom. The maximum absolute atomic E-state index is 12.1. The van der Waals surface area contributed by atoms with Gasteiger partial charge in [0, 0.05) is 13.6 Å². The summed E-state index contributed by atoms with van der Waals surface area (Å²) in [4.78, 5) is 27.7. The van der Waals surface area contributed by atoms with Crippen LogP contribution in [0, 0.1) is 0 Å². The number of hydrogen-bond acceptors (Lipinski definition) is 3. The van der Waals surface area contributed by atoms with Gasteiger partial charge in [0.1, 0.15) is 0 Å². The molecule has 0 N–H and O–H groups in total. The molecule has 103 valence electrons. The minimum Gasteiger partial charge on any atom is -0.327 e. The van der Waals surface area contributed by atoms with Crippen LogP contribution in [-0.4, -0.2) is 56.5 Å². The molecule has 0 spiro atoms. The van der Waals surface area contributed by atoms with E-state index in [9.17, 15) is 9.59 Å². The van der Waals surface area contributed by atoms with E-state index in [1.54, 1.807) is 37.7 Å². The lowest BCUT2D eigenvalue weighted by atomic mass is 10.3. The number of imide groups is 1. The van der Waals surface area contributed by atoms with Gasteiger partial charge in [-0.25, -0.2) is 9.69 Å². The van der Waals surface area contributed by atoms with Crippen LogP contribution >= 0.6 is 0 Å². The fraction of sp³-hybridized carbons (Fsp3) is 0.429. The fourth-order valence-corrected chi connectivity index (χ4v) is 1.67. The van der Waals surface area contributed by atoms with Crippen LogP contribution in [0.2, 0.25) is 0 Å². The van der Waals surface area contributed by atoms with Crippen LogP contribution < -0.4 is 4.90 Å². The van der Waals surface area contributed by atoms with Gasteiger partial charge in [-0.2, -0.15) is 0 Å². The molecule has 0 aliphatic heterocycles. The van der Waals surface area contributed by atoms with Crippen LogP contribution in [0.15, 0.2) is 30.3 Å². The quantitative estimate of drug-likeness (QED) is 0.731. The van der Waals surface area contributed by atoms with Gasteiger partial charge in [-0.15, -0.1) is 0 Å². The molecule has 0 aromatic heterocycles. The zero-order valence-electron chi connectivity index (χ0n) is 11.7. The highest BCUT2D eigenvalue weighted by Gasteiger charge is 2.19. The normalized spacial score (nSPS) is 10.3. The van der Waals surface area contributed by atoms with E-state index >= 15 is 0 Å². The lowest BCUT2D eigenvalue weighted by molar-refractivity contribution is 0.216. The number of anilines is 1. The van der Waals surface area contributed by atoms with Crippen LogP contribution in [0.1, 0.15) is 6.42 Å². The molecule has 5 heteroatoms. The van der Waals surface area contributed by atoms with Gasteiger partial charge in [-0.1, -0.05) is 18.2 Å². The van der Waals surface area contributed by atoms with Gasteiger partial charge in [0.25, 0.3) is 0 Å². The van der Waals surface area contributed by atoms with Crippen LogP contribution in [-0.2, 0) is 4.79 Å². The largest absolute Gasteiger partial charge is 0.331 e. The zero-order chi connectivity index (χ0) is 14.3. The number of benzene rings is 1. The molecule has 1 rings (SSSR count). The highest BCUT2D eigenvalue weighted by atomic mass is 16.2. The molecule has 0 bridgehead atoms. The molecule has 0 unspecified atom stereocenters. The summed E-state index contributed by atoms with van der Waals surface area (Å²) in [5.41, 5.74) is 0.530. The Labute approximate surface area is 114 Å². The molecule has 0 aliphatic rings. The minimum absolute atomic E-state index is 0.361. The van der Waals surface area contributed by atoms with Crippen LogP contribution in [0.5, 0.6) is 0 Å². The first-order chi connectivity index (χ1) is 9.06. The average Bonchev–Trinajstić information content (AvgIpc) is 2.40. The first kappa shape index (κ1) is 15.2. The van der Waals surface area contributed by atoms with Crippen molar-refractivity contribution in [3.8, 4) is 0 Å². The Morgan fingerprint density at radius 1 is 1.11 bits per heavy atom. The molecule has 0 saturated carbocycles. The lowest BCUT2D eigenvalue weighted by Gasteiger charge is -2.23. The molecule has 3 amide bonds. The Bertz CT molecular complexity index is 406. The summed E-state index contributed by atoms with van der Waals surface area (Å²) < 4.78 is 0. The summed E-state index contributed by atoms with van der Waals surface area (Å²) >= 11 is 0. The second kappa shape index (κ2) is 7.53. The standard InChI is InChI=1S/C14H20N3O2/c1-15(2)10-7-11-16(3)14(19)17(12-18)13-8-5-4-6-9-13/h4-6,8-9H,7,10-11H2,1-3H3. The maximum atomic E-state index is 12.1. The van der Waals surface area contributed by atoms with Gasteiger partial charge in [0.05, 0.1) is 5.69 Å². The predicted octanol–water partition coefficient (Wildman–Crippen LogP) is 1.56. The summed E-state index contributed by atoms with van der Waals surface area (Å²) in [7, 11) is 5.65. The van der Waals surface area contributed by atoms with Crippen LogP contribution in [0.3, 0.4) is 0 Å². The second-order valence-corrected chi connectivity index (χ2v) is 4.62. The fourth-order valence-electron chi connectivity index (χ4n) is 1.67. The SMILES string of the molecule is CN(C)CCCN(C)C(=O)N([C]=O)c1ccccc1. The lowest BCUT2D eigenvalue weighted by Crippen LogP contribution is -2.41. The van der Waals surface area contributed by atoms with Crippen molar-refractivity contribution in [1.82, 2.24) is 9.80 Å². The van der Waals surface area contributed by atoms with Crippen molar-refractivity contribution in [1.29, 1.82) is 0 Å². The number of rotatable bonds is 6. The molecule has 0 atom stereocenters. The number of amides is 3. The smallest absolute Gasteiger partial charge is 0.327 e. The van der Waals surface area contributed by atoms with E-state index in [0.29, 0.717) is 12.2 Å². The second-order valence-electron chi connectivity index (χ2n) is 4.62. The number of carbonyl (C=O) groups is 1. The molecule has 0 saturated heterocycles. The maximum Gasteiger partial charge on any atom is 0.331 e. The van der Waals surface area contributed by atoms with Gasteiger partial charge in [-0.3, -0.25) is 4.79 Å². The summed E-state index contributed by atoms with van der Waals surface area (Å²) in [5, 5.41) is 0. The molecule has 0 heterocycles. The van der Waals surface area contributed by atoms with E-state index in [4.69, 9.17) is 0 Å². The van der Waals surface area contributed by atoms with Gasteiger partial charge < -0.3 is 9.80 Å². The molecule has 1 aromatic carbocycles. The number of urea groups is 1. The van der Waals surface area contributed by atoms with Crippen molar-refractivity contribution >= 4 is 18.1 Å². The zero-order valence-corrected chi connectivity index (χ0v) is 11.7. The molecular formula is C14H20N3O2. The Kier molecular flexibility index (Phi) is 6.02. The van der Waals surface area contributed by atoms with E-state index in [0.717, 1.165) is 17.9 Å². The highest BCUT2D eigenvalue weighted by molar-refractivity contribution is 6.06. The number of nitrogens with zero attached hydrogens (tertiary/aromatic N) is 3. The minimum atomic E-state index is -0.361. The van der Waals surface area contributed by atoms with E-state index in [2.05, 4.69) is 4.90 Å². The molecule has 19 heavy (non-hydrogen) atoms. The number of carbonyl (C=O) groups excluding carboxylic acids is 2. The van der Waals surface area contributed by atoms with E-state index < -0.39 is 0 Å². The molecule has 0 fully saturated rings. The Hall–Kier alpha value is -1.88. The number of para-hydroxylation sites is 1. The van der Waals surface area contributed by atoms with E-state index in [1.807, 2.05) is 20.2 Å². The van der Waals surface area contributed by atoms with Gasteiger partial charge >= 0.3 is 12.4 Å². The van der Waals surface area contributed by atoms with Gasteiger partial charge in [-0.05, 0) is 39.2 Å². The van der Waals surface area contributed by atoms with Crippen molar-refractivity contribution in [2.24, 2.45) is 0 Å². The molecule has 0 aliphatic carbocycles. The van der Waals surface area contributed by atoms with E-state index in [1.165, 1.54) is 4.90 Å². The monoisotopic (exact) mass is 262 g/mol.